The van der Waals surface area contributed by atoms with Crippen molar-refractivity contribution in [2.24, 2.45) is 0 Å². The first kappa shape index (κ1) is 13.5. The van der Waals surface area contributed by atoms with Gasteiger partial charge in [-0.3, -0.25) is 4.79 Å². The normalized spacial score (nSPS) is 14.7. The Morgan fingerprint density at radius 2 is 2.32 bits per heavy atom. The fourth-order valence-electron chi connectivity index (χ4n) is 1.90. The Labute approximate surface area is 117 Å². The summed E-state index contributed by atoms with van der Waals surface area (Å²) >= 11 is 5.96. The molecule has 2 rings (SSSR count). The van der Waals surface area contributed by atoms with Gasteiger partial charge in [0.25, 0.3) is 0 Å². The summed E-state index contributed by atoms with van der Waals surface area (Å²) in [5.74, 6) is 0.123. The predicted octanol–water partition coefficient (Wildman–Crippen LogP) is 2.18. The molecule has 5 heteroatoms. The Kier molecular flexibility index (Phi) is 4.12. The number of nitrogens with one attached hydrogen (secondary N) is 1. The lowest BCUT2D eigenvalue weighted by molar-refractivity contribution is -0.121. The number of nitrogens with zero attached hydrogens (tertiary/aromatic N) is 1. The molecule has 0 bridgehead atoms. The number of benzene rings is 1. The number of hydrogen-bond acceptors (Lipinski definition) is 3. The Hall–Kier alpha value is -1.94. The van der Waals surface area contributed by atoms with E-state index in [1.807, 2.05) is 24.4 Å². The zero-order chi connectivity index (χ0) is 13.8. The second kappa shape index (κ2) is 5.80. The highest BCUT2D eigenvalue weighted by Crippen LogP contribution is 2.24. The van der Waals surface area contributed by atoms with Gasteiger partial charge in [0.2, 0.25) is 5.91 Å². The molecule has 1 aromatic carbocycles. The molecule has 1 heterocycles. The molecule has 1 aromatic rings. The van der Waals surface area contributed by atoms with Crippen LogP contribution in [0.3, 0.4) is 0 Å². The third-order valence-electron chi connectivity index (χ3n) is 2.79. The second-order valence-corrected chi connectivity index (χ2v) is 4.75. The first-order valence-corrected chi connectivity index (χ1v) is 6.28. The van der Waals surface area contributed by atoms with Crippen LogP contribution in [-0.4, -0.2) is 36.1 Å². The Morgan fingerprint density at radius 3 is 3.00 bits per heavy atom. The Balaban J connectivity index is 2.25. The molecule has 0 unspecified atom stereocenters. The largest absolute Gasteiger partial charge is 0.510 e. The molecule has 0 atom stereocenters. The van der Waals surface area contributed by atoms with E-state index in [1.165, 1.54) is 0 Å². The van der Waals surface area contributed by atoms with E-state index < -0.39 is 0 Å². The summed E-state index contributed by atoms with van der Waals surface area (Å²) in [6.07, 6.45) is 3.53. The molecule has 0 aliphatic carbocycles. The molecular weight excluding hydrogens is 264 g/mol. The molecule has 0 aromatic heterocycles. The summed E-state index contributed by atoms with van der Waals surface area (Å²) in [5.41, 5.74) is 1.73. The van der Waals surface area contributed by atoms with Crippen LogP contribution in [0.15, 0.2) is 42.3 Å². The van der Waals surface area contributed by atoms with Gasteiger partial charge in [-0.05, 0) is 23.8 Å². The van der Waals surface area contributed by atoms with Gasteiger partial charge in [0.05, 0.1) is 13.1 Å². The van der Waals surface area contributed by atoms with Gasteiger partial charge >= 0.3 is 0 Å². The smallest absolute Gasteiger partial charge is 0.239 e. The highest BCUT2D eigenvalue weighted by atomic mass is 35.5. The first-order valence-electron chi connectivity index (χ1n) is 5.90. The molecule has 0 saturated heterocycles. The number of halogens is 1. The number of hydrogen-bond donors (Lipinski definition) is 2. The van der Waals surface area contributed by atoms with Gasteiger partial charge in [-0.25, -0.2) is 0 Å². The van der Waals surface area contributed by atoms with Crippen LogP contribution in [0.4, 0.5) is 0 Å². The predicted molar refractivity (Wildman–Crippen MR) is 75.8 cm³/mol. The van der Waals surface area contributed by atoms with Crippen LogP contribution in [-0.2, 0) is 4.79 Å². The molecule has 100 valence electrons. The molecule has 4 nitrogen and oxygen atoms in total. The average molecular weight is 279 g/mol. The number of allylic oxidation sites excluding steroid dienone is 2. The number of amides is 1. The minimum Gasteiger partial charge on any atom is -0.510 e. The molecule has 0 fully saturated rings. The van der Waals surface area contributed by atoms with Crippen LogP contribution in [0.2, 0.25) is 5.02 Å². The average Bonchev–Trinajstić information content (AvgIpc) is 2.38. The van der Waals surface area contributed by atoms with Crippen molar-refractivity contribution in [3.8, 4) is 0 Å². The van der Waals surface area contributed by atoms with Crippen molar-refractivity contribution < 1.29 is 9.90 Å². The maximum absolute atomic E-state index is 11.4. The molecule has 0 saturated carbocycles. The number of aliphatic hydroxyl groups is 1. The van der Waals surface area contributed by atoms with Crippen LogP contribution in [0, 0.1) is 0 Å². The lowest BCUT2D eigenvalue weighted by Gasteiger charge is -2.24. The van der Waals surface area contributed by atoms with E-state index in [0.29, 0.717) is 11.6 Å². The maximum atomic E-state index is 11.4. The molecule has 1 aliphatic rings. The van der Waals surface area contributed by atoms with Crippen molar-refractivity contribution in [3.05, 3.63) is 52.9 Å². The van der Waals surface area contributed by atoms with Crippen molar-refractivity contribution in [2.45, 2.75) is 0 Å². The molecule has 0 spiro atoms. The number of carbonyl (C=O) groups excluding carboxylic acids is 1. The van der Waals surface area contributed by atoms with E-state index in [9.17, 15) is 9.90 Å². The van der Waals surface area contributed by atoms with Crippen LogP contribution in [0.5, 0.6) is 0 Å². The summed E-state index contributed by atoms with van der Waals surface area (Å²) in [4.78, 5) is 13.1. The summed E-state index contributed by atoms with van der Waals surface area (Å²) in [6, 6.07) is 7.37. The molecule has 2 N–H and O–H groups in total. The molecule has 19 heavy (non-hydrogen) atoms. The fraction of sp³-hybridized carbons (Fsp3) is 0.214. The molecule has 0 radical (unpaired) electrons. The van der Waals surface area contributed by atoms with Crippen molar-refractivity contribution in [3.63, 3.8) is 0 Å². The SMILES string of the molecule is CNC(=O)CN1C=C(c2cccc(Cl)c2)C=C(O)C1. The summed E-state index contributed by atoms with van der Waals surface area (Å²) in [7, 11) is 1.59. The van der Waals surface area contributed by atoms with Crippen molar-refractivity contribution in [1.82, 2.24) is 10.2 Å². The van der Waals surface area contributed by atoms with Crippen LogP contribution in [0.25, 0.3) is 5.57 Å². The van der Waals surface area contributed by atoms with Gasteiger partial charge < -0.3 is 15.3 Å². The Bertz CT molecular complexity index is 552. The highest BCUT2D eigenvalue weighted by Gasteiger charge is 2.14. The standard InChI is InChI=1S/C14H15ClN2O2/c1-16-14(19)9-17-7-11(6-13(18)8-17)10-3-2-4-12(15)5-10/h2-7,18H,8-9H2,1H3,(H,16,19). The number of likely N-dealkylation sites (N-methyl/N-ethyl adjacent to an activating group) is 1. The number of aliphatic hydroxyl groups excluding tert-OH is 1. The summed E-state index contributed by atoms with van der Waals surface area (Å²) < 4.78 is 0. The van der Waals surface area contributed by atoms with Gasteiger partial charge in [0.1, 0.15) is 5.76 Å². The van der Waals surface area contributed by atoms with Gasteiger partial charge in [-0.2, -0.15) is 0 Å². The third-order valence-corrected chi connectivity index (χ3v) is 3.03. The van der Waals surface area contributed by atoms with Crippen LogP contribution >= 0.6 is 11.6 Å². The van der Waals surface area contributed by atoms with Crippen LogP contribution in [0.1, 0.15) is 5.56 Å². The van der Waals surface area contributed by atoms with E-state index in [0.717, 1.165) is 11.1 Å². The highest BCUT2D eigenvalue weighted by molar-refractivity contribution is 6.30. The number of rotatable bonds is 3. The lowest BCUT2D eigenvalue weighted by atomic mass is 10.0. The molecule has 1 amide bonds. The second-order valence-electron chi connectivity index (χ2n) is 4.31. The maximum Gasteiger partial charge on any atom is 0.239 e. The fourth-order valence-corrected chi connectivity index (χ4v) is 2.09. The van der Waals surface area contributed by atoms with E-state index in [-0.39, 0.29) is 18.2 Å². The minimum atomic E-state index is -0.101. The molecule has 1 aliphatic heterocycles. The monoisotopic (exact) mass is 278 g/mol. The van der Waals surface area contributed by atoms with Gasteiger partial charge in [0.15, 0.2) is 0 Å². The van der Waals surface area contributed by atoms with E-state index >= 15 is 0 Å². The van der Waals surface area contributed by atoms with E-state index in [4.69, 9.17) is 11.6 Å². The number of carbonyl (C=O) groups is 1. The van der Waals surface area contributed by atoms with Gasteiger partial charge in [-0.1, -0.05) is 23.7 Å². The lowest BCUT2D eigenvalue weighted by Crippen LogP contribution is -2.34. The minimum absolute atomic E-state index is 0.101. The summed E-state index contributed by atoms with van der Waals surface area (Å²) in [6.45, 7) is 0.538. The van der Waals surface area contributed by atoms with Crippen LogP contribution < -0.4 is 5.32 Å². The third kappa shape index (κ3) is 3.51. The topological polar surface area (TPSA) is 52.6 Å². The summed E-state index contributed by atoms with van der Waals surface area (Å²) in [5, 5.41) is 13.0. The Morgan fingerprint density at radius 1 is 1.53 bits per heavy atom. The van der Waals surface area contributed by atoms with E-state index in [1.54, 1.807) is 24.1 Å². The zero-order valence-corrected chi connectivity index (χ0v) is 11.3. The van der Waals surface area contributed by atoms with Crippen molar-refractivity contribution in [2.75, 3.05) is 20.1 Å². The van der Waals surface area contributed by atoms with Crippen molar-refractivity contribution in [1.29, 1.82) is 0 Å². The van der Waals surface area contributed by atoms with Gasteiger partial charge in [-0.15, -0.1) is 0 Å². The van der Waals surface area contributed by atoms with Gasteiger partial charge in [0, 0.05) is 23.8 Å². The van der Waals surface area contributed by atoms with Crippen molar-refractivity contribution >= 4 is 23.1 Å². The molecular formula is C14H15ClN2O2. The quantitative estimate of drug-likeness (QED) is 0.891. The zero-order valence-electron chi connectivity index (χ0n) is 10.6. The van der Waals surface area contributed by atoms with E-state index in [2.05, 4.69) is 5.32 Å². The first-order chi connectivity index (χ1) is 9.08.